The summed E-state index contributed by atoms with van der Waals surface area (Å²) in [6.07, 6.45) is 8.97. The fourth-order valence-corrected chi connectivity index (χ4v) is 4.52. The van der Waals surface area contributed by atoms with Crippen LogP contribution in [0.1, 0.15) is 42.0 Å². The highest BCUT2D eigenvalue weighted by molar-refractivity contribution is 8.05. The van der Waals surface area contributed by atoms with Gasteiger partial charge in [0.25, 0.3) is 0 Å². The number of hydrogen-bond donors (Lipinski definition) is 3. The molecule has 0 spiro atoms. The Morgan fingerprint density at radius 3 is 2.67 bits per heavy atom. The van der Waals surface area contributed by atoms with Crippen LogP contribution in [0, 0.1) is 5.41 Å². The van der Waals surface area contributed by atoms with E-state index in [9.17, 15) is 13.2 Å². The SMILES string of the molecule is COc1cncc(-c2cc3c(c(Nc4ccc(C(C)CC(=N)S(C)(=O)=O)cc4)n2)C(C=O)NC=C3)c1. The molecule has 2 atom stereocenters. The van der Waals surface area contributed by atoms with Gasteiger partial charge in [0.05, 0.1) is 19.0 Å². The lowest BCUT2D eigenvalue weighted by molar-refractivity contribution is -0.109. The van der Waals surface area contributed by atoms with Crippen LogP contribution < -0.4 is 15.4 Å². The van der Waals surface area contributed by atoms with Crippen LogP contribution in [0.2, 0.25) is 0 Å². The molecule has 0 aliphatic carbocycles. The van der Waals surface area contributed by atoms with Crippen LogP contribution in [0.5, 0.6) is 5.75 Å². The highest BCUT2D eigenvalue weighted by Crippen LogP contribution is 2.35. The first-order valence-electron chi connectivity index (χ1n) is 11.3. The number of aldehydes is 1. The van der Waals surface area contributed by atoms with E-state index in [1.54, 1.807) is 25.7 Å². The van der Waals surface area contributed by atoms with Gasteiger partial charge in [0, 0.05) is 35.7 Å². The topological polar surface area (TPSA) is 134 Å². The number of carbonyl (C=O) groups excluding carboxylic acids is 1. The Labute approximate surface area is 210 Å². The minimum atomic E-state index is -3.49. The molecule has 1 aliphatic heterocycles. The maximum atomic E-state index is 11.8. The Morgan fingerprint density at radius 2 is 2.00 bits per heavy atom. The van der Waals surface area contributed by atoms with Crippen LogP contribution in [-0.2, 0) is 14.6 Å². The molecule has 186 valence electrons. The van der Waals surface area contributed by atoms with E-state index < -0.39 is 15.9 Å². The van der Waals surface area contributed by atoms with Gasteiger partial charge >= 0.3 is 0 Å². The molecule has 36 heavy (non-hydrogen) atoms. The molecular weight excluding hydrogens is 478 g/mol. The number of aromatic nitrogens is 2. The number of sulfone groups is 1. The summed E-state index contributed by atoms with van der Waals surface area (Å²) in [6.45, 7) is 1.89. The average Bonchev–Trinajstić information content (AvgIpc) is 2.88. The first kappa shape index (κ1) is 25.1. The van der Waals surface area contributed by atoms with E-state index >= 15 is 0 Å². The van der Waals surface area contributed by atoms with E-state index in [0.29, 0.717) is 17.3 Å². The second-order valence-electron chi connectivity index (χ2n) is 8.63. The number of nitrogens with zero attached hydrogens (tertiary/aromatic N) is 2. The molecule has 3 aromatic rings. The summed E-state index contributed by atoms with van der Waals surface area (Å²) in [5, 5.41) is 13.9. The number of carbonyl (C=O) groups is 1. The lowest BCUT2D eigenvalue weighted by Gasteiger charge is -2.23. The molecule has 0 fully saturated rings. The number of pyridine rings is 2. The molecule has 2 aromatic heterocycles. The zero-order valence-corrected chi connectivity index (χ0v) is 21.0. The van der Waals surface area contributed by atoms with Crippen molar-refractivity contribution in [2.75, 3.05) is 18.7 Å². The molecule has 0 bridgehead atoms. The zero-order chi connectivity index (χ0) is 25.9. The van der Waals surface area contributed by atoms with Crippen molar-refractivity contribution < 1.29 is 17.9 Å². The zero-order valence-electron chi connectivity index (χ0n) is 20.1. The highest BCUT2D eigenvalue weighted by Gasteiger charge is 2.23. The molecule has 4 rings (SSSR count). The van der Waals surface area contributed by atoms with Gasteiger partial charge in [0.15, 0.2) is 9.84 Å². The van der Waals surface area contributed by atoms with Crippen molar-refractivity contribution in [3.8, 4) is 17.0 Å². The van der Waals surface area contributed by atoms with Gasteiger partial charge in [0.2, 0.25) is 0 Å². The first-order valence-corrected chi connectivity index (χ1v) is 13.2. The molecule has 3 heterocycles. The Balaban J connectivity index is 1.67. The maximum Gasteiger partial charge on any atom is 0.188 e. The summed E-state index contributed by atoms with van der Waals surface area (Å²) in [7, 11) is -1.92. The van der Waals surface area contributed by atoms with Gasteiger partial charge in [-0.15, -0.1) is 0 Å². The minimum Gasteiger partial charge on any atom is -0.495 e. The van der Waals surface area contributed by atoms with Crippen molar-refractivity contribution in [2.45, 2.75) is 25.3 Å². The monoisotopic (exact) mass is 505 g/mol. The Hall–Kier alpha value is -4.05. The third-order valence-corrected chi connectivity index (χ3v) is 7.06. The van der Waals surface area contributed by atoms with Crippen LogP contribution in [-0.4, -0.2) is 43.1 Å². The molecule has 3 N–H and O–H groups in total. The van der Waals surface area contributed by atoms with Crippen LogP contribution in [0.15, 0.2) is 55.0 Å². The Kier molecular flexibility index (Phi) is 7.16. The minimum absolute atomic E-state index is 0.134. The molecule has 1 aromatic carbocycles. The number of ether oxygens (including phenoxy) is 1. The summed E-state index contributed by atoms with van der Waals surface area (Å²) in [5.74, 6) is 1.00. The number of hydrogen-bond acceptors (Lipinski definition) is 9. The lowest BCUT2D eigenvalue weighted by atomic mass is 9.96. The fourth-order valence-electron chi connectivity index (χ4n) is 3.96. The normalized spacial score (nSPS) is 15.4. The third kappa shape index (κ3) is 5.44. The lowest BCUT2D eigenvalue weighted by Crippen LogP contribution is -2.22. The summed E-state index contributed by atoms with van der Waals surface area (Å²) in [6, 6.07) is 10.7. The number of anilines is 2. The molecule has 0 saturated carbocycles. The van der Waals surface area contributed by atoms with Gasteiger partial charge in [-0.25, -0.2) is 13.4 Å². The number of nitrogens with one attached hydrogen (secondary N) is 3. The summed E-state index contributed by atoms with van der Waals surface area (Å²) in [4.78, 5) is 20.8. The molecule has 0 amide bonds. The van der Waals surface area contributed by atoms with Crippen LogP contribution in [0.3, 0.4) is 0 Å². The van der Waals surface area contributed by atoms with Gasteiger partial charge in [-0.2, -0.15) is 0 Å². The summed E-state index contributed by atoms with van der Waals surface area (Å²) >= 11 is 0. The van der Waals surface area contributed by atoms with Crippen molar-refractivity contribution in [2.24, 2.45) is 0 Å². The molecule has 2 unspecified atom stereocenters. The fraction of sp³-hybridized carbons (Fsp3) is 0.231. The van der Waals surface area contributed by atoms with E-state index in [0.717, 1.165) is 40.5 Å². The van der Waals surface area contributed by atoms with Crippen LogP contribution in [0.25, 0.3) is 17.3 Å². The number of methoxy groups -OCH3 is 1. The molecule has 0 saturated heterocycles. The Morgan fingerprint density at radius 1 is 1.25 bits per heavy atom. The molecule has 0 radical (unpaired) electrons. The summed E-state index contributed by atoms with van der Waals surface area (Å²) in [5.41, 5.74) is 4.68. The molecule has 1 aliphatic rings. The van der Waals surface area contributed by atoms with Crippen molar-refractivity contribution in [1.29, 1.82) is 5.41 Å². The molecular formula is C26H27N5O4S. The molecule has 10 heteroatoms. The van der Waals surface area contributed by atoms with Crippen LogP contribution >= 0.6 is 0 Å². The molecule has 9 nitrogen and oxygen atoms in total. The Bertz CT molecular complexity index is 1440. The van der Waals surface area contributed by atoms with E-state index in [1.807, 2.05) is 49.4 Å². The maximum absolute atomic E-state index is 11.8. The highest BCUT2D eigenvalue weighted by atomic mass is 32.2. The first-order chi connectivity index (χ1) is 17.2. The van der Waals surface area contributed by atoms with Crippen molar-refractivity contribution in [3.05, 3.63) is 71.7 Å². The largest absolute Gasteiger partial charge is 0.495 e. The van der Waals surface area contributed by atoms with E-state index in [1.165, 1.54) is 0 Å². The van der Waals surface area contributed by atoms with Crippen molar-refractivity contribution >= 4 is 38.7 Å². The smallest absolute Gasteiger partial charge is 0.188 e. The van der Waals surface area contributed by atoms with E-state index in [2.05, 4.69) is 15.6 Å². The number of benzene rings is 1. The predicted molar refractivity (Wildman–Crippen MR) is 140 cm³/mol. The van der Waals surface area contributed by atoms with Crippen LogP contribution in [0.4, 0.5) is 11.5 Å². The van der Waals surface area contributed by atoms with E-state index in [4.69, 9.17) is 15.1 Å². The van der Waals surface area contributed by atoms with Gasteiger partial charge in [-0.1, -0.05) is 19.1 Å². The average molecular weight is 506 g/mol. The van der Waals surface area contributed by atoms with E-state index in [-0.39, 0.29) is 17.4 Å². The van der Waals surface area contributed by atoms with Gasteiger partial charge in [0.1, 0.15) is 28.9 Å². The van der Waals surface area contributed by atoms with Gasteiger partial charge < -0.3 is 20.2 Å². The third-order valence-electron chi connectivity index (χ3n) is 6.00. The quantitative estimate of drug-likeness (QED) is 0.235. The predicted octanol–water partition coefficient (Wildman–Crippen LogP) is 4.23. The van der Waals surface area contributed by atoms with Crippen molar-refractivity contribution in [3.63, 3.8) is 0 Å². The summed E-state index contributed by atoms with van der Waals surface area (Å²) < 4.78 is 28.5. The second kappa shape index (κ2) is 10.3. The van der Waals surface area contributed by atoms with Gasteiger partial charge in [-0.3, -0.25) is 10.4 Å². The second-order valence-corrected chi connectivity index (χ2v) is 10.7. The standard InChI is InChI=1S/C26H27N5O4S/c1-16(10-24(27)36(3,33)34)17-4-6-20(7-5-17)30-26-25-18(8-9-29-23(25)15-32)12-22(31-26)19-11-21(35-2)14-28-13-19/h4-9,11-16,23,27,29H,10H2,1-3H3,(H,30,31). The number of fused-ring (bicyclic) bond motifs is 1. The van der Waals surface area contributed by atoms with Crippen molar-refractivity contribution in [1.82, 2.24) is 15.3 Å². The van der Waals surface area contributed by atoms with Gasteiger partial charge in [-0.05, 0) is 53.6 Å². The number of rotatable bonds is 8.